The zero-order valence-corrected chi connectivity index (χ0v) is 10.4. The average molecular weight is 236 g/mol. The van der Waals surface area contributed by atoms with Crippen LogP contribution in [0.25, 0.3) is 0 Å². The third-order valence-electron chi connectivity index (χ3n) is 2.29. The quantitative estimate of drug-likeness (QED) is 0.304. The van der Waals surface area contributed by atoms with Crippen LogP contribution in [0.1, 0.15) is 12.5 Å². The third-order valence-corrected chi connectivity index (χ3v) is 2.29. The first kappa shape index (κ1) is 13.3. The van der Waals surface area contributed by atoms with Crippen LogP contribution in [0.4, 0.5) is 0 Å². The van der Waals surface area contributed by atoms with E-state index in [4.69, 9.17) is 10.6 Å². The molecule has 94 valence electrons. The number of ether oxygens (including phenoxy) is 1. The molecule has 0 aliphatic rings. The zero-order valence-electron chi connectivity index (χ0n) is 10.4. The minimum absolute atomic E-state index is 0.621. The molecule has 0 spiro atoms. The van der Waals surface area contributed by atoms with Crippen LogP contribution in [0.5, 0.6) is 5.75 Å². The van der Waals surface area contributed by atoms with Crippen molar-refractivity contribution in [3.05, 3.63) is 29.8 Å². The van der Waals surface area contributed by atoms with Gasteiger partial charge >= 0.3 is 0 Å². The van der Waals surface area contributed by atoms with Crippen molar-refractivity contribution in [2.24, 2.45) is 10.8 Å². The lowest BCUT2D eigenvalue weighted by atomic mass is 10.1. The Balaban J connectivity index is 2.49. The fourth-order valence-corrected chi connectivity index (χ4v) is 1.44. The Kier molecular flexibility index (Phi) is 5.88. The Bertz CT molecular complexity index is 365. The van der Waals surface area contributed by atoms with Gasteiger partial charge in [0.25, 0.3) is 0 Å². The van der Waals surface area contributed by atoms with E-state index in [1.807, 2.05) is 25.1 Å². The fourth-order valence-electron chi connectivity index (χ4n) is 1.44. The summed E-state index contributed by atoms with van der Waals surface area (Å²) in [6, 6.07) is 7.97. The number of guanidine groups is 1. The number of benzene rings is 1. The molecule has 0 heterocycles. The van der Waals surface area contributed by atoms with Crippen molar-refractivity contribution in [2.75, 3.05) is 20.2 Å². The van der Waals surface area contributed by atoms with Crippen LogP contribution in [-0.2, 0) is 6.42 Å². The SMILES string of the molecule is CCNC(=NCCc1cccc(OC)c1)NN. The Labute approximate surface area is 102 Å². The van der Waals surface area contributed by atoms with Crippen LogP contribution in [0, 0.1) is 0 Å². The Morgan fingerprint density at radius 2 is 2.29 bits per heavy atom. The number of nitrogens with one attached hydrogen (secondary N) is 2. The molecule has 1 aromatic carbocycles. The van der Waals surface area contributed by atoms with Crippen molar-refractivity contribution < 1.29 is 4.74 Å². The van der Waals surface area contributed by atoms with Gasteiger partial charge in [-0.05, 0) is 31.0 Å². The maximum absolute atomic E-state index is 5.32. The van der Waals surface area contributed by atoms with Gasteiger partial charge in [0.1, 0.15) is 5.75 Å². The molecule has 5 nitrogen and oxygen atoms in total. The molecule has 0 aliphatic carbocycles. The highest BCUT2D eigenvalue weighted by molar-refractivity contribution is 5.79. The number of hydrogen-bond donors (Lipinski definition) is 3. The number of nitrogens with zero attached hydrogens (tertiary/aromatic N) is 1. The van der Waals surface area contributed by atoms with Gasteiger partial charge in [0.05, 0.1) is 7.11 Å². The molecule has 17 heavy (non-hydrogen) atoms. The minimum Gasteiger partial charge on any atom is -0.497 e. The van der Waals surface area contributed by atoms with Crippen LogP contribution in [-0.4, -0.2) is 26.2 Å². The number of nitrogens with two attached hydrogens (primary N) is 1. The summed E-state index contributed by atoms with van der Waals surface area (Å²) in [7, 11) is 1.67. The first-order valence-electron chi connectivity index (χ1n) is 5.68. The molecule has 5 heteroatoms. The van der Waals surface area contributed by atoms with Gasteiger partial charge in [-0.3, -0.25) is 10.4 Å². The Morgan fingerprint density at radius 3 is 2.94 bits per heavy atom. The van der Waals surface area contributed by atoms with E-state index in [1.54, 1.807) is 7.11 Å². The lowest BCUT2D eigenvalue weighted by Crippen LogP contribution is -2.41. The molecule has 0 aliphatic heterocycles. The van der Waals surface area contributed by atoms with Crippen molar-refractivity contribution in [3.8, 4) is 5.75 Å². The first-order chi connectivity index (χ1) is 8.30. The van der Waals surface area contributed by atoms with Crippen molar-refractivity contribution in [3.63, 3.8) is 0 Å². The van der Waals surface area contributed by atoms with E-state index < -0.39 is 0 Å². The highest BCUT2D eigenvalue weighted by Crippen LogP contribution is 2.12. The van der Waals surface area contributed by atoms with Crippen LogP contribution in [0.15, 0.2) is 29.3 Å². The van der Waals surface area contributed by atoms with E-state index in [1.165, 1.54) is 5.56 Å². The third kappa shape index (κ3) is 4.74. The van der Waals surface area contributed by atoms with Crippen molar-refractivity contribution in [2.45, 2.75) is 13.3 Å². The number of rotatable bonds is 5. The highest BCUT2D eigenvalue weighted by Gasteiger charge is 1.96. The van der Waals surface area contributed by atoms with Crippen LogP contribution < -0.4 is 21.3 Å². The van der Waals surface area contributed by atoms with Crippen LogP contribution in [0.2, 0.25) is 0 Å². The number of hydrazine groups is 1. The molecule has 1 aromatic rings. The summed E-state index contributed by atoms with van der Waals surface area (Å²) in [5, 5.41) is 3.03. The second-order valence-corrected chi connectivity index (χ2v) is 3.51. The molecule has 0 unspecified atom stereocenters. The maximum atomic E-state index is 5.32. The van der Waals surface area contributed by atoms with E-state index >= 15 is 0 Å². The lowest BCUT2D eigenvalue weighted by Gasteiger charge is -2.07. The smallest absolute Gasteiger partial charge is 0.205 e. The van der Waals surface area contributed by atoms with E-state index in [0.29, 0.717) is 12.5 Å². The van der Waals surface area contributed by atoms with Gasteiger partial charge in [-0.1, -0.05) is 12.1 Å². The molecule has 0 bridgehead atoms. The number of aliphatic imine (C=N–C) groups is 1. The second kappa shape index (κ2) is 7.51. The molecule has 0 fully saturated rings. The van der Waals surface area contributed by atoms with E-state index in [-0.39, 0.29) is 0 Å². The monoisotopic (exact) mass is 236 g/mol. The summed E-state index contributed by atoms with van der Waals surface area (Å²) in [6.07, 6.45) is 0.855. The average Bonchev–Trinajstić information content (AvgIpc) is 2.38. The van der Waals surface area contributed by atoms with Crippen molar-refractivity contribution in [1.29, 1.82) is 0 Å². The van der Waals surface area contributed by atoms with E-state index in [2.05, 4.69) is 21.8 Å². The normalized spacial score (nSPS) is 11.1. The summed E-state index contributed by atoms with van der Waals surface area (Å²) >= 11 is 0. The molecule has 0 saturated carbocycles. The van der Waals surface area contributed by atoms with Gasteiger partial charge in [0.15, 0.2) is 0 Å². The second-order valence-electron chi connectivity index (χ2n) is 3.51. The Morgan fingerprint density at radius 1 is 1.47 bits per heavy atom. The van der Waals surface area contributed by atoms with Gasteiger partial charge in [-0.25, -0.2) is 5.84 Å². The molecule has 0 saturated heterocycles. The molecule has 1 rings (SSSR count). The van der Waals surface area contributed by atoms with Gasteiger partial charge in [0.2, 0.25) is 5.96 Å². The predicted octanol–water partition coefficient (Wildman–Crippen LogP) is 0.667. The zero-order chi connectivity index (χ0) is 12.5. The van der Waals surface area contributed by atoms with Crippen molar-refractivity contribution in [1.82, 2.24) is 10.7 Å². The summed E-state index contributed by atoms with van der Waals surface area (Å²) in [6.45, 7) is 3.47. The van der Waals surface area contributed by atoms with Gasteiger partial charge in [-0.2, -0.15) is 0 Å². The summed E-state index contributed by atoms with van der Waals surface area (Å²) in [4.78, 5) is 4.31. The van der Waals surface area contributed by atoms with Crippen LogP contribution >= 0.6 is 0 Å². The summed E-state index contributed by atoms with van der Waals surface area (Å²) in [5.41, 5.74) is 3.72. The van der Waals surface area contributed by atoms with Gasteiger partial charge < -0.3 is 10.1 Å². The summed E-state index contributed by atoms with van der Waals surface area (Å²) in [5.74, 6) is 6.81. The lowest BCUT2D eigenvalue weighted by molar-refractivity contribution is 0.414. The Hall–Kier alpha value is -1.75. The molecule has 0 atom stereocenters. The molecule has 0 radical (unpaired) electrons. The number of hydrogen-bond acceptors (Lipinski definition) is 3. The minimum atomic E-state index is 0.621. The molecular formula is C12H20N4O. The van der Waals surface area contributed by atoms with Crippen molar-refractivity contribution >= 4 is 5.96 Å². The maximum Gasteiger partial charge on any atom is 0.205 e. The summed E-state index contributed by atoms with van der Waals surface area (Å²) < 4.78 is 5.16. The largest absolute Gasteiger partial charge is 0.497 e. The molecule has 4 N–H and O–H groups in total. The predicted molar refractivity (Wildman–Crippen MR) is 70.0 cm³/mol. The van der Waals surface area contributed by atoms with Crippen LogP contribution in [0.3, 0.4) is 0 Å². The topological polar surface area (TPSA) is 71.7 Å². The van der Waals surface area contributed by atoms with E-state index in [9.17, 15) is 0 Å². The van der Waals surface area contributed by atoms with Gasteiger partial charge in [-0.15, -0.1) is 0 Å². The molecule has 0 aromatic heterocycles. The van der Waals surface area contributed by atoms with Gasteiger partial charge in [0, 0.05) is 13.1 Å². The fraction of sp³-hybridized carbons (Fsp3) is 0.417. The van der Waals surface area contributed by atoms with E-state index in [0.717, 1.165) is 18.7 Å². The standard InChI is InChI=1S/C12H20N4O/c1-3-14-12(16-13)15-8-7-10-5-4-6-11(9-10)17-2/h4-6,9H,3,7-8,13H2,1-2H3,(H2,14,15,16). The first-order valence-corrected chi connectivity index (χ1v) is 5.68. The number of methoxy groups -OCH3 is 1. The highest BCUT2D eigenvalue weighted by atomic mass is 16.5. The molecule has 0 amide bonds. The molecular weight excluding hydrogens is 216 g/mol.